The van der Waals surface area contributed by atoms with Crippen molar-refractivity contribution in [2.75, 3.05) is 5.32 Å². The van der Waals surface area contributed by atoms with E-state index in [1.54, 1.807) is 25.1 Å². The largest absolute Gasteiger partial charge is 0.344 e. The lowest BCUT2D eigenvalue weighted by Gasteiger charge is -2.04. The second-order valence-corrected chi connectivity index (χ2v) is 4.94. The maximum atomic E-state index is 12.0. The third-order valence-corrected chi connectivity index (χ3v) is 3.44. The highest BCUT2D eigenvalue weighted by Crippen LogP contribution is 2.21. The van der Waals surface area contributed by atoms with Crippen LogP contribution in [0.1, 0.15) is 17.7 Å². The molecule has 0 saturated carbocycles. The van der Waals surface area contributed by atoms with Crippen molar-refractivity contribution < 1.29 is 9.32 Å². The number of aryl methyl sites for hydroxylation is 1. The summed E-state index contributed by atoms with van der Waals surface area (Å²) in [6.45, 7) is 1.79. The number of carbonyl (C=O) groups excluding carboxylic acids is 1. The van der Waals surface area contributed by atoms with E-state index in [-0.39, 0.29) is 11.1 Å². The SMILES string of the molecule is Cc1noc(Cl)c1CCC(=O)Nc1ccc2n[nH]nc2c1. The van der Waals surface area contributed by atoms with E-state index in [2.05, 4.69) is 25.9 Å². The van der Waals surface area contributed by atoms with Gasteiger partial charge in [-0.25, -0.2) is 0 Å². The van der Waals surface area contributed by atoms with E-state index >= 15 is 0 Å². The van der Waals surface area contributed by atoms with Crippen LogP contribution in [-0.4, -0.2) is 26.5 Å². The first-order valence-electron chi connectivity index (χ1n) is 6.34. The van der Waals surface area contributed by atoms with Crippen LogP contribution in [0.2, 0.25) is 5.22 Å². The number of nitrogens with one attached hydrogen (secondary N) is 2. The van der Waals surface area contributed by atoms with Crippen LogP contribution >= 0.6 is 11.6 Å². The van der Waals surface area contributed by atoms with Crippen LogP contribution < -0.4 is 5.32 Å². The Morgan fingerprint density at radius 3 is 2.95 bits per heavy atom. The molecular formula is C13H12ClN5O2. The summed E-state index contributed by atoms with van der Waals surface area (Å²) < 4.78 is 4.85. The van der Waals surface area contributed by atoms with Gasteiger partial charge in [-0.3, -0.25) is 4.79 Å². The second kappa shape index (κ2) is 5.53. The number of carbonyl (C=O) groups is 1. The molecule has 3 aromatic rings. The van der Waals surface area contributed by atoms with Crippen LogP contribution in [0.4, 0.5) is 5.69 Å². The van der Waals surface area contributed by atoms with Crippen LogP contribution in [-0.2, 0) is 11.2 Å². The van der Waals surface area contributed by atoms with Gasteiger partial charge in [-0.2, -0.15) is 15.4 Å². The van der Waals surface area contributed by atoms with Crippen LogP contribution in [0.5, 0.6) is 0 Å². The van der Waals surface area contributed by atoms with Crippen molar-refractivity contribution in [2.45, 2.75) is 19.8 Å². The number of halogens is 1. The fourth-order valence-corrected chi connectivity index (χ4v) is 2.29. The number of anilines is 1. The van der Waals surface area contributed by atoms with Gasteiger partial charge in [0.25, 0.3) is 0 Å². The first-order valence-corrected chi connectivity index (χ1v) is 6.72. The van der Waals surface area contributed by atoms with Crippen molar-refractivity contribution in [3.8, 4) is 0 Å². The summed E-state index contributed by atoms with van der Waals surface area (Å²) in [7, 11) is 0. The number of rotatable bonds is 4. The highest BCUT2D eigenvalue weighted by atomic mass is 35.5. The minimum atomic E-state index is -0.116. The zero-order valence-corrected chi connectivity index (χ0v) is 11.9. The second-order valence-electron chi connectivity index (χ2n) is 4.60. The predicted molar refractivity (Wildman–Crippen MR) is 77.1 cm³/mol. The molecule has 108 valence electrons. The quantitative estimate of drug-likeness (QED) is 0.772. The molecule has 2 heterocycles. The van der Waals surface area contributed by atoms with Crippen molar-refractivity contribution in [3.63, 3.8) is 0 Å². The highest BCUT2D eigenvalue weighted by molar-refractivity contribution is 6.29. The van der Waals surface area contributed by atoms with Gasteiger partial charge in [0.1, 0.15) is 11.0 Å². The van der Waals surface area contributed by atoms with E-state index < -0.39 is 0 Å². The molecule has 0 saturated heterocycles. The van der Waals surface area contributed by atoms with Gasteiger partial charge in [-0.15, -0.1) is 0 Å². The van der Waals surface area contributed by atoms with Gasteiger partial charge in [0.15, 0.2) is 0 Å². The molecule has 1 amide bonds. The molecule has 0 aliphatic rings. The van der Waals surface area contributed by atoms with Gasteiger partial charge in [-0.1, -0.05) is 5.16 Å². The zero-order chi connectivity index (χ0) is 14.8. The fourth-order valence-electron chi connectivity index (χ4n) is 2.02. The molecule has 3 rings (SSSR count). The van der Waals surface area contributed by atoms with Crippen LogP contribution in [0.3, 0.4) is 0 Å². The number of amides is 1. The van der Waals surface area contributed by atoms with Gasteiger partial charge in [0.05, 0.1) is 5.69 Å². The average Bonchev–Trinajstić information content (AvgIpc) is 3.04. The Kier molecular flexibility index (Phi) is 3.57. The Morgan fingerprint density at radius 1 is 1.38 bits per heavy atom. The van der Waals surface area contributed by atoms with Crippen LogP contribution in [0.25, 0.3) is 11.0 Å². The summed E-state index contributed by atoms with van der Waals surface area (Å²) in [5.41, 5.74) is 3.59. The average molecular weight is 306 g/mol. The number of hydrogen-bond donors (Lipinski definition) is 2. The topological polar surface area (TPSA) is 96.7 Å². The third-order valence-electron chi connectivity index (χ3n) is 3.14. The van der Waals surface area contributed by atoms with Crippen molar-refractivity contribution in [1.29, 1.82) is 0 Å². The number of nitrogens with zero attached hydrogens (tertiary/aromatic N) is 3. The third kappa shape index (κ3) is 2.87. The molecule has 21 heavy (non-hydrogen) atoms. The van der Waals surface area contributed by atoms with E-state index in [1.807, 2.05) is 0 Å². The molecule has 1 aromatic carbocycles. The van der Waals surface area contributed by atoms with E-state index in [0.717, 1.165) is 11.1 Å². The predicted octanol–water partition coefficient (Wildman–Crippen LogP) is 2.48. The molecule has 0 bridgehead atoms. The van der Waals surface area contributed by atoms with Gasteiger partial charge in [0, 0.05) is 17.7 Å². The molecule has 0 radical (unpaired) electrons. The Morgan fingerprint density at radius 2 is 2.19 bits per heavy atom. The number of aromatic nitrogens is 4. The maximum Gasteiger partial charge on any atom is 0.229 e. The van der Waals surface area contributed by atoms with Crippen LogP contribution in [0, 0.1) is 6.92 Å². The summed E-state index contributed by atoms with van der Waals surface area (Å²) in [4.78, 5) is 12.0. The number of H-pyrrole nitrogens is 1. The van der Waals surface area contributed by atoms with Gasteiger partial charge in [-0.05, 0) is 43.1 Å². The zero-order valence-electron chi connectivity index (χ0n) is 11.2. The molecule has 2 N–H and O–H groups in total. The Bertz CT molecular complexity index is 775. The standard InChI is InChI=1S/C13H12ClN5O2/c1-7-9(13(14)21-18-7)3-5-12(20)15-8-2-4-10-11(6-8)17-19-16-10/h2,4,6H,3,5H2,1H3,(H,15,20)(H,16,17,19). The van der Waals surface area contributed by atoms with E-state index in [4.69, 9.17) is 16.1 Å². The summed E-state index contributed by atoms with van der Waals surface area (Å²) in [5.74, 6) is -0.116. The number of fused-ring (bicyclic) bond motifs is 1. The molecular weight excluding hydrogens is 294 g/mol. The van der Waals surface area contributed by atoms with E-state index in [9.17, 15) is 4.79 Å². The molecule has 8 heteroatoms. The lowest BCUT2D eigenvalue weighted by Crippen LogP contribution is -2.12. The van der Waals surface area contributed by atoms with Crippen molar-refractivity contribution in [3.05, 3.63) is 34.7 Å². The molecule has 0 aliphatic heterocycles. The molecule has 0 unspecified atom stereocenters. The van der Waals surface area contributed by atoms with E-state index in [1.165, 1.54) is 0 Å². The molecule has 0 spiro atoms. The first kappa shape index (κ1) is 13.6. The number of hydrogen-bond acceptors (Lipinski definition) is 5. The van der Waals surface area contributed by atoms with Crippen molar-refractivity contribution in [2.24, 2.45) is 0 Å². The van der Waals surface area contributed by atoms with Gasteiger partial charge >= 0.3 is 0 Å². The first-order chi connectivity index (χ1) is 10.1. The molecule has 7 nitrogen and oxygen atoms in total. The smallest absolute Gasteiger partial charge is 0.229 e. The summed E-state index contributed by atoms with van der Waals surface area (Å²) in [6.07, 6.45) is 0.769. The van der Waals surface area contributed by atoms with Crippen molar-refractivity contribution >= 4 is 34.2 Å². The normalized spacial score (nSPS) is 11.0. The van der Waals surface area contributed by atoms with Crippen molar-refractivity contribution in [1.82, 2.24) is 20.6 Å². The maximum absolute atomic E-state index is 12.0. The monoisotopic (exact) mass is 305 g/mol. The Balaban J connectivity index is 1.63. The van der Waals surface area contributed by atoms with Crippen LogP contribution in [0.15, 0.2) is 22.7 Å². The molecule has 0 fully saturated rings. The Hall–Kier alpha value is -2.41. The number of aromatic amines is 1. The molecule has 0 atom stereocenters. The fraction of sp³-hybridized carbons (Fsp3) is 0.231. The van der Waals surface area contributed by atoms with E-state index in [0.29, 0.717) is 29.7 Å². The molecule has 2 aromatic heterocycles. The summed E-state index contributed by atoms with van der Waals surface area (Å²) in [5, 5.41) is 17.2. The van der Waals surface area contributed by atoms with Gasteiger partial charge < -0.3 is 9.84 Å². The lowest BCUT2D eigenvalue weighted by atomic mass is 10.1. The number of benzene rings is 1. The summed E-state index contributed by atoms with van der Waals surface area (Å²) in [6, 6.07) is 5.32. The summed E-state index contributed by atoms with van der Waals surface area (Å²) >= 11 is 5.86. The minimum absolute atomic E-state index is 0.116. The lowest BCUT2D eigenvalue weighted by molar-refractivity contribution is -0.116. The minimum Gasteiger partial charge on any atom is -0.344 e. The van der Waals surface area contributed by atoms with Gasteiger partial charge in [0.2, 0.25) is 11.1 Å². The Labute approximate surface area is 124 Å². The molecule has 0 aliphatic carbocycles. The highest BCUT2D eigenvalue weighted by Gasteiger charge is 2.13.